The highest BCUT2D eigenvalue weighted by atomic mass is 32.1. The molecule has 0 unspecified atom stereocenters. The molecular formula is C27H27N3O7S. The van der Waals surface area contributed by atoms with Gasteiger partial charge in [0.2, 0.25) is 5.78 Å². The Morgan fingerprint density at radius 1 is 1.05 bits per heavy atom. The zero-order valence-corrected chi connectivity index (χ0v) is 21.7. The van der Waals surface area contributed by atoms with Gasteiger partial charge < -0.3 is 35.0 Å². The molecule has 2 aliphatic carbocycles. The van der Waals surface area contributed by atoms with E-state index in [9.17, 15) is 30.0 Å². The van der Waals surface area contributed by atoms with E-state index < -0.39 is 34.8 Å². The standard InChI is InChI=1S/C27H27N3O7S/c1-29-6-8-30(9-7-29)26-28-17(12-38-26)27(36)10-14-18(15(31)11-27)24(34)21-20(23(14)33)22(32)13-4-3-5-16(37-2)19(13)25(21)35/h3-5,12,15,31,33-34,36H,6-11H2,1-2H3/t15-,27-/m0/s1. The topological polar surface area (TPSA) is 144 Å². The highest BCUT2D eigenvalue weighted by Gasteiger charge is 2.47. The first-order valence-corrected chi connectivity index (χ1v) is 13.2. The highest BCUT2D eigenvalue weighted by molar-refractivity contribution is 7.13. The van der Waals surface area contributed by atoms with Gasteiger partial charge in [0.1, 0.15) is 22.8 Å². The zero-order valence-electron chi connectivity index (χ0n) is 20.9. The molecule has 1 aliphatic heterocycles. The minimum Gasteiger partial charge on any atom is -0.507 e. The number of rotatable bonds is 3. The molecule has 38 heavy (non-hydrogen) atoms. The third-order valence-electron chi connectivity index (χ3n) is 7.84. The number of nitrogens with zero attached hydrogens (tertiary/aromatic N) is 3. The molecule has 11 heteroatoms. The van der Waals surface area contributed by atoms with Crippen molar-refractivity contribution in [2.24, 2.45) is 0 Å². The lowest BCUT2D eigenvalue weighted by Crippen LogP contribution is -2.44. The number of piperazine rings is 1. The molecule has 4 N–H and O–H groups in total. The van der Waals surface area contributed by atoms with Gasteiger partial charge in [0, 0.05) is 61.1 Å². The molecule has 10 nitrogen and oxygen atoms in total. The van der Waals surface area contributed by atoms with Gasteiger partial charge in [-0.05, 0) is 13.1 Å². The Balaban J connectivity index is 1.43. The van der Waals surface area contributed by atoms with Crippen LogP contribution < -0.4 is 9.64 Å². The molecule has 1 fully saturated rings. The molecule has 0 amide bonds. The molecule has 2 aromatic carbocycles. The number of anilines is 1. The van der Waals surface area contributed by atoms with Crippen molar-refractivity contribution >= 4 is 28.0 Å². The second kappa shape index (κ2) is 8.77. The van der Waals surface area contributed by atoms with Crippen molar-refractivity contribution in [1.29, 1.82) is 0 Å². The summed E-state index contributed by atoms with van der Waals surface area (Å²) in [6.45, 7) is 3.39. The predicted molar refractivity (Wildman–Crippen MR) is 139 cm³/mol. The number of carbonyl (C=O) groups is 2. The summed E-state index contributed by atoms with van der Waals surface area (Å²) in [5.74, 6) is -2.29. The van der Waals surface area contributed by atoms with E-state index in [2.05, 4.69) is 21.8 Å². The Hall–Kier alpha value is -3.51. The van der Waals surface area contributed by atoms with Gasteiger partial charge in [-0.2, -0.15) is 0 Å². The number of benzene rings is 2. The summed E-state index contributed by atoms with van der Waals surface area (Å²) >= 11 is 1.39. The van der Waals surface area contributed by atoms with Crippen LogP contribution >= 0.6 is 11.3 Å². The largest absolute Gasteiger partial charge is 0.507 e. The van der Waals surface area contributed by atoms with Crippen LogP contribution in [0.5, 0.6) is 17.2 Å². The van der Waals surface area contributed by atoms with Crippen LogP contribution in [0.1, 0.15) is 61.2 Å². The van der Waals surface area contributed by atoms with Crippen LogP contribution in [0.15, 0.2) is 23.6 Å². The number of aliphatic hydroxyl groups excluding tert-OH is 1. The molecular weight excluding hydrogens is 510 g/mol. The summed E-state index contributed by atoms with van der Waals surface area (Å²) in [7, 11) is 3.42. The number of hydrogen-bond acceptors (Lipinski definition) is 11. The van der Waals surface area contributed by atoms with Crippen LogP contribution in [0.25, 0.3) is 0 Å². The number of carbonyl (C=O) groups excluding carboxylic acids is 2. The van der Waals surface area contributed by atoms with Gasteiger partial charge >= 0.3 is 0 Å². The van der Waals surface area contributed by atoms with Crippen molar-refractivity contribution in [3.8, 4) is 17.2 Å². The number of thiazole rings is 1. The van der Waals surface area contributed by atoms with E-state index in [0.717, 1.165) is 31.3 Å². The number of aromatic hydroxyl groups is 2. The van der Waals surface area contributed by atoms with E-state index >= 15 is 0 Å². The molecule has 2 heterocycles. The first kappa shape index (κ1) is 24.8. The molecule has 3 aliphatic rings. The number of aromatic nitrogens is 1. The molecule has 198 valence electrons. The Labute approximate surface area is 222 Å². The van der Waals surface area contributed by atoms with Gasteiger partial charge in [0.05, 0.1) is 35.6 Å². The van der Waals surface area contributed by atoms with E-state index in [1.165, 1.54) is 30.6 Å². The quantitative estimate of drug-likeness (QED) is 0.286. The predicted octanol–water partition coefficient (Wildman–Crippen LogP) is 1.96. The third-order valence-corrected chi connectivity index (χ3v) is 8.74. The van der Waals surface area contributed by atoms with Crippen LogP contribution in [0.4, 0.5) is 5.13 Å². The SMILES string of the molecule is COc1cccc2c1C(=O)c1c(O)c3c(c(O)c1C2=O)C[C@@](O)(c1csc(N2CCN(C)CC2)n1)C[C@@H]3O. The number of fused-ring (bicyclic) bond motifs is 3. The summed E-state index contributed by atoms with van der Waals surface area (Å²) < 4.78 is 5.27. The highest BCUT2D eigenvalue weighted by Crippen LogP contribution is 2.53. The Bertz CT molecular complexity index is 1490. The summed E-state index contributed by atoms with van der Waals surface area (Å²) in [5, 5.41) is 47.8. The second-order valence-electron chi connectivity index (χ2n) is 10.1. The number of aliphatic hydroxyl groups is 2. The third kappa shape index (κ3) is 3.53. The van der Waals surface area contributed by atoms with Crippen molar-refractivity contribution < 1.29 is 34.8 Å². The fourth-order valence-electron chi connectivity index (χ4n) is 5.76. The van der Waals surface area contributed by atoms with Crippen molar-refractivity contribution in [2.75, 3.05) is 45.2 Å². The number of likely N-dealkylation sites (N-methyl/N-ethyl adjacent to an activating group) is 1. The van der Waals surface area contributed by atoms with Gasteiger partial charge in [-0.15, -0.1) is 11.3 Å². The number of ether oxygens (including phenoxy) is 1. The summed E-state index contributed by atoms with van der Waals surface area (Å²) in [4.78, 5) is 36.0. The smallest absolute Gasteiger partial charge is 0.202 e. The molecule has 0 radical (unpaired) electrons. The maximum Gasteiger partial charge on any atom is 0.202 e. The lowest BCUT2D eigenvalue weighted by molar-refractivity contribution is -0.0307. The van der Waals surface area contributed by atoms with Crippen molar-refractivity contribution in [2.45, 2.75) is 24.5 Å². The van der Waals surface area contributed by atoms with Crippen molar-refractivity contribution in [3.63, 3.8) is 0 Å². The normalized spacial score (nSPS) is 23.2. The fraction of sp³-hybridized carbons (Fsp3) is 0.370. The fourth-order valence-corrected chi connectivity index (χ4v) is 6.73. The van der Waals surface area contributed by atoms with Crippen LogP contribution in [0.2, 0.25) is 0 Å². The van der Waals surface area contributed by atoms with Crippen LogP contribution in [-0.2, 0) is 12.0 Å². The molecule has 2 atom stereocenters. The number of hydrogen-bond donors (Lipinski definition) is 4. The Morgan fingerprint density at radius 2 is 1.76 bits per heavy atom. The van der Waals surface area contributed by atoms with E-state index in [4.69, 9.17) is 4.74 Å². The van der Waals surface area contributed by atoms with E-state index in [1.54, 1.807) is 11.4 Å². The van der Waals surface area contributed by atoms with Crippen molar-refractivity contribution in [1.82, 2.24) is 9.88 Å². The molecule has 3 aromatic rings. The summed E-state index contributed by atoms with van der Waals surface area (Å²) in [5.41, 5.74) is -2.06. The first-order valence-electron chi connectivity index (χ1n) is 12.3. The minimum absolute atomic E-state index is 0.0112. The zero-order chi connectivity index (χ0) is 26.9. The second-order valence-corrected chi connectivity index (χ2v) is 11.0. The summed E-state index contributed by atoms with van der Waals surface area (Å²) in [6.07, 6.45) is -1.83. The average molecular weight is 538 g/mol. The van der Waals surface area contributed by atoms with E-state index in [-0.39, 0.29) is 52.0 Å². The van der Waals surface area contributed by atoms with Gasteiger partial charge in [0.25, 0.3) is 0 Å². The van der Waals surface area contributed by atoms with Crippen LogP contribution in [0.3, 0.4) is 0 Å². The van der Waals surface area contributed by atoms with E-state index in [0.29, 0.717) is 5.69 Å². The first-order chi connectivity index (χ1) is 18.1. The Morgan fingerprint density at radius 3 is 2.47 bits per heavy atom. The van der Waals surface area contributed by atoms with Gasteiger partial charge in [-0.3, -0.25) is 9.59 Å². The minimum atomic E-state index is -1.66. The Kier molecular flexibility index (Phi) is 5.72. The van der Waals surface area contributed by atoms with Crippen LogP contribution in [-0.4, -0.2) is 82.2 Å². The van der Waals surface area contributed by atoms with Gasteiger partial charge in [0.15, 0.2) is 10.9 Å². The van der Waals surface area contributed by atoms with Gasteiger partial charge in [-0.1, -0.05) is 12.1 Å². The average Bonchev–Trinajstić information content (AvgIpc) is 3.40. The maximum atomic E-state index is 13.5. The molecule has 1 aromatic heterocycles. The number of phenols is 2. The molecule has 1 saturated heterocycles. The maximum absolute atomic E-state index is 13.5. The van der Waals surface area contributed by atoms with Crippen molar-refractivity contribution in [3.05, 3.63) is 62.7 Å². The molecule has 0 bridgehead atoms. The molecule has 0 spiro atoms. The van der Waals surface area contributed by atoms with E-state index in [1.807, 2.05) is 0 Å². The number of methoxy groups -OCH3 is 1. The number of phenolic OH excluding ortho intramolecular Hbond substituents is 2. The van der Waals surface area contributed by atoms with Gasteiger partial charge in [-0.25, -0.2) is 4.98 Å². The lowest BCUT2D eigenvalue weighted by Gasteiger charge is -2.37. The molecule has 0 saturated carbocycles. The number of ketones is 2. The summed E-state index contributed by atoms with van der Waals surface area (Å²) in [6, 6.07) is 4.55. The molecule has 6 rings (SSSR count). The van der Waals surface area contributed by atoms with Crippen LogP contribution in [0, 0.1) is 0 Å². The lowest BCUT2D eigenvalue weighted by atomic mass is 9.72. The monoisotopic (exact) mass is 537 g/mol.